The monoisotopic (exact) mass is 507 g/mol. The van der Waals surface area contributed by atoms with Crippen LogP contribution in [0.15, 0.2) is 29.1 Å². The molecule has 2 aliphatic rings. The van der Waals surface area contributed by atoms with Crippen LogP contribution in [0.2, 0.25) is 0 Å². The van der Waals surface area contributed by atoms with Crippen molar-refractivity contribution in [2.75, 3.05) is 55.6 Å². The van der Waals surface area contributed by atoms with E-state index < -0.39 is 23.8 Å². The molecular weight excluding hydrogens is 480 g/mol. The Labute approximate surface area is 205 Å². The number of nitrogens with one attached hydrogen (secondary N) is 3. The molecule has 194 valence electrons. The first-order chi connectivity index (χ1) is 17.3. The molecule has 36 heavy (non-hydrogen) atoms. The molecule has 0 bridgehead atoms. The number of anilines is 2. The zero-order chi connectivity index (χ0) is 25.7. The highest BCUT2D eigenvalue weighted by Gasteiger charge is 2.34. The molecule has 2 saturated heterocycles. The van der Waals surface area contributed by atoms with Gasteiger partial charge in [0.15, 0.2) is 11.6 Å². The van der Waals surface area contributed by atoms with E-state index in [2.05, 4.69) is 21.2 Å². The lowest BCUT2D eigenvalue weighted by molar-refractivity contribution is -0.133. The van der Waals surface area contributed by atoms with Gasteiger partial charge in [0.2, 0.25) is 5.91 Å². The molecule has 3 N–H and O–H groups in total. The normalized spacial score (nSPS) is 18.2. The van der Waals surface area contributed by atoms with E-state index in [4.69, 9.17) is 9.26 Å². The number of hydrogen-bond acceptors (Lipinski definition) is 9. The number of benzene rings is 1. The van der Waals surface area contributed by atoms with Gasteiger partial charge in [-0.1, -0.05) is 5.16 Å². The summed E-state index contributed by atoms with van der Waals surface area (Å²) in [5.74, 6) is -2.16. The third-order valence-corrected chi connectivity index (χ3v) is 5.75. The van der Waals surface area contributed by atoms with Crippen LogP contribution < -0.4 is 25.9 Å². The number of rotatable bonds is 8. The van der Waals surface area contributed by atoms with Crippen LogP contribution in [0.5, 0.6) is 0 Å². The van der Waals surface area contributed by atoms with Gasteiger partial charge in [0, 0.05) is 50.8 Å². The molecule has 0 unspecified atom stereocenters. The zero-order valence-electron chi connectivity index (χ0n) is 19.6. The molecular formula is C22H27F2N7O5. The summed E-state index contributed by atoms with van der Waals surface area (Å²) in [5, 5.41) is 10.5. The van der Waals surface area contributed by atoms with Crippen molar-refractivity contribution in [2.45, 2.75) is 19.6 Å². The number of carbonyl (C=O) groups excluding carboxylic acids is 3. The van der Waals surface area contributed by atoms with E-state index in [1.165, 1.54) is 23.1 Å². The van der Waals surface area contributed by atoms with Crippen LogP contribution in [-0.4, -0.2) is 80.0 Å². The molecule has 14 heteroatoms. The van der Waals surface area contributed by atoms with E-state index in [0.29, 0.717) is 13.1 Å². The molecule has 0 aliphatic carbocycles. The molecule has 1 aromatic carbocycles. The number of amides is 3. The number of aromatic nitrogens is 1. The minimum atomic E-state index is -0.835. The maximum atomic E-state index is 15.1. The van der Waals surface area contributed by atoms with Gasteiger partial charge in [-0.3, -0.25) is 19.5 Å². The highest BCUT2D eigenvalue weighted by molar-refractivity contribution is 5.90. The third kappa shape index (κ3) is 6.07. The number of halogens is 2. The maximum Gasteiger partial charge on any atom is 0.414 e. The van der Waals surface area contributed by atoms with Crippen molar-refractivity contribution in [1.29, 1.82) is 0 Å². The molecule has 1 aromatic heterocycles. The van der Waals surface area contributed by atoms with Crippen LogP contribution in [0.4, 0.5) is 25.0 Å². The first kappa shape index (κ1) is 25.3. The van der Waals surface area contributed by atoms with Gasteiger partial charge >= 0.3 is 6.09 Å². The second-order valence-electron chi connectivity index (χ2n) is 8.39. The standard InChI is InChI=1S/C22H27F2N7O5/c1-14(32)26-10-17-12-30(22(34)36-17)16-6-18(23)21(19(24)7-16)29-3-2-27-31(5-4-29)20(33)11-25-8-15-9-28-35-13-15/h6-7,9,13,17,25,27H,2-5,8,10-12H2,1H3,(H,26,32)/t17-/m0/s1. The van der Waals surface area contributed by atoms with Crippen molar-refractivity contribution in [3.63, 3.8) is 0 Å². The highest BCUT2D eigenvalue weighted by Crippen LogP contribution is 2.31. The molecule has 0 spiro atoms. The van der Waals surface area contributed by atoms with Crippen molar-refractivity contribution in [3.8, 4) is 0 Å². The summed E-state index contributed by atoms with van der Waals surface area (Å²) in [4.78, 5) is 38.4. The van der Waals surface area contributed by atoms with Gasteiger partial charge < -0.3 is 24.8 Å². The fraction of sp³-hybridized carbons (Fsp3) is 0.455. The predicted octanol–water partition coefficient (Wildman–Crippen LogP) is 0.357. The van der Waals surface area contributed by atoms with E-state index in [-0.39, 0.29) is 62.5 Å². The molecule has 4 rings (SSSR count). The van der Waals surface area contributed by atoms with E-state index in [1.807, 2.05) is 0 Å². The van der Waals surface area contributed by atoms with Gasteiger partial charge in [-0.2, -0.15) is 0 Å². The lowest BCUT2D eigenvalue weighted by Crippen LogP contribution is -2.47. The van der Waals surface area contributed by atoms with E-state index in [1.54, 1.807) is 6.20 Å². The van der Waals surface area contributed by atoms with E-state index >= 15 is 8.78 Å². The van der Waals surface area contributed by atoms with Gasteiger partial charge in [-0.05, 0) is 0 Å². The van der Waals surface area contributed by atoms with Crippen molar-refractivity contribution >= 4 is 29.3 Å². The average molecular weight is 507 g/mol. The molecule has 1 atom stereocenters. The van der Waals surface area contributed by atoms with Crippen LogP contribution in [0.3, 0.4) is 0 Å². The van der Waals surface area contributed by atoms with Gasteiger partial charge in [0.05, 0.1) is 38.1 Å². The molecule has 0 radical (unpaired) electrons. The predicted molar refractivity (Wildman–Crippen MR) is 123 cm³/mol. The summed E-state index contributed by atoms with van der Waals surface area (Å²) in [7, 11) is 0. The number of hydrazine groups is 1. The Morgan fingerprint density at radius 2 is 2.00 bits per heavy atom. The first-order valence-corrected chi connectivity index (χ1v) is 11.4. The highest BCUT2D eigenvalue weighted by atomic mass is 19.1. The van der Waals surface area contributed by atoms with Gasteiger partial charge in [0.1, 0.15) is 18.1 Å². The quantitative estimate of drug-likeness (QED) is 0.463. The molecule has 2 aromatic rings. The molecule has 3 amide bonds. The Balaban J connectivity index is 1.35. The molecule has 3 heterocycles. The topological polar surface area (TPSA) is 132 Å². The Kier molecular flexibility index (Phi) is 7.95. The summed E-state index contributed by atoms with van der Waals surface area (Å²) < 4.78 is 40.1. The lowest BCUT2D eigenvalue weighted by Gasteiger charge is -2.25. The van der Waals surface area contributed by atoms with Crippen LogP contribution >= 0.6 is 0 Å². The first-order valence-electron chi connectivity index (χ1n) is 11.4. The Morgan fingerprint density at radius 3 is 2.69 bits per heavy atom. The van der Waals surface area contributed by atoms with Crippen LogP contribution in [-0.2, 0) is 20.9 Å². The lowest BCUT2D eigenvalue weighted by atomic mass is 10.2. The minimum Gasteiger partial charge on any atom is -0.442 e. The molecule has 2 aliphatic heterocycles. The van der Waals surface area contributed by atoms with Crippen molar-refractivity contribution in [2.24, 2.45) is 0 Å². The number of ether oxygens (including phenoxy) is 1. The van der Waals surface area contributed by atoms with Crippen LogP contribution in [0.1, 0.15) is 12.5 Å². The fourth-order valence-electron chi connectivity index (χ4n) is 4.00. The smallest absolute Gasteiger partial charge is 0.414 e. The van der Waals surface area contributed by atoms with Crippen LogP contribution in [0, 0.1) is 11.6 Å². The van der Waals surface area contributed by atoms with Gasteiger partial charge in [-0.15, -0.1) is 0 Å². The molecule has 2 fully saturated rings. The number of hydrogen-bond donors (Lipinski definition) is 3. The summed E-state index contributed by atoms with van der Waals surface area (Å²) in [6.07, 6.45) is 1.65. The van der Waals surface area contributed by atoms with Gasteiger partial charge in [0.25, 0.3) is 5.91 Å². The number of cyclic esters (lactones) is 1. The SMILES string of the molecule is CC(=O)NC[C@H]1CN(c2cc(F)c(N3CCNN(C(=O)CNCc4cnoc4)CC3)c(F)c2)C(=O)O1. The fourth-order valence-corrected chi connectivity index (χ4v) is 4.00. The van der Waals surface area contributed by atoms with E-state index in [9.17, 15) is 14.4 Å². The van der Waals surface area contributed by atoms with E-state index in [0.717, 1.165) is 22.6 Å². The second kappa shape index (κ2) is 11.3. The number of nitrogens with zero attached hydrogens (tertiary/aromatic N) is 4. The maximum absolute atomic E-state index is 15.1. The summed E-state index contributed by atoms with van der Waals surface area (Å²) in [6, 6.07) is 2.16. The molecule has 0 saturated carbocycles. The summed E-state index contributed by atoms with van der Waals surface area (Å²) in [6.45, 7) is 2.92. The zero-order valence-corrected chi connectivity index (χ0v) is 19.6. The van der Waals surface area contributed by atoms with Crippen molar-refractivity contribution in [1.82, 2.24) is 26.2 Å². The minimum absolute atomic E-state index is 0.0210. The van der Waals surface area contributed by atoms with Gasteiger partial charge in [-0.25, -0.2) is 19.0 Å². The van der Waals surface area contributed by atoms with Crippen molar-refractivity contribution < 1.29 is 32.4 Å². The largest absolute Gasteiger partial charge is 0.442 e. The summed E-state index contributed by atoms with van der Waals surface area (Å²) in [5.41, 5.74) is 3.57. The Morgan fingerprint density at radius 1 is 1.22 bits per heavy atom. The van der Waals surface area contributed by atoms with Crippen molar-refractivity contribution in [3.05, 3.63) is 41.8 Å². The summed E-state index contributed by atoms with van der Waals surface area (Å²) >= 11 is 0. The third-order valence-electron chi connectivity index (χ3n) is 5.75. The Bertz CT molecular complexity index is 1080. The second-order valence-corrected chi connectivity index (χ2v) is 8.39. The number of carbonyl (C=O) groups is 3. The van der Waals surface area contributed by atoms with Crippen LogP contribution in [0.25, 0.3) is 0 Å². The Hall–Kier alpha value is -3.78. The molecule has 12 nitrogen and oxygen atoms in total. The average Bonchev–Trinajstić information content (AvgIpc) is 3.41.